The molecule has 0 spiro atoms. The lowest BCUT2D eigenvalue weighted by atomic mass is 10.1. The van der Waals surface area contributed by atoms with Gasteiger partial charge in [-0.05, 0) is 68.1 Å². The fourth-order valence-corrected chi connectivity index (χ4v) is 2.63. The standard InChI is InChI=1S/C23H25F3N2O3/c1-17(2)22(29)30-16-6-4-3-5-7-18-8-10-19(11-9-18)27-28-20-12-14-21(15-13-20)31-23(24,25)26/h8-15H,1,3-7,16H2,2H3. The molecule has 166 valence electrons. The molecule has 0 aliphatic heterocycles. The van der Waals surface area contributed by atoms with Gasteiger partial charge < -0.3 is 9.47 Å². The first kappa shape index (κ1) is 24.1. The van der Waals surface area contributed by atoms with Crippen LogP contribution < -0.4 is 4.74 Å². The van der Waals surface area contributed by atoms with Crippen LogP contribution in [0, 0.1) is 0 Å². The molecule has 0 radical (unpaired) electrons. The Morgan fingerprint density at radius 2 is 1.45 bits per heavy atom. The lowest BCUT2D eigenvalue weighted by Gasteiger charge is -2.08. The van der Waals surface area contributed by atoms with Gasteiger partial charge in [0.25, 0.3) is 0 Å². The van der Waals surface area contributed by atoms with Crippen molar-refractivity contribution in [3.63, 3.8) is 0 Å². The van der Waals surface area contributed by atoms with Gasteiger partial charge in [-0.1, -0.05) is 31.6 Å². The molecule has 0 aliphatic carbocycles. The first-order chi connectivity index (χ1) is 14.7. The molecular weight excluding hydrogens is 409 g/mol. The highest BCUT2D eigenvalue weighted by Gasteiger charge is 2.30. The SMILES string of the molecule is C=C(C)C(=O)OCCCCCCc1ccc(N=Nc2ccc(OC(F)(F)F)cc2)cc1. The van der Waals surface area contributed by atoms with Crippen LogP contribution in [0.25, 0.3) is 0 Å². The second kappa shape index (κ2) is 11.9. The number of unbranched alkanes of at least 4 members (excludes halogenated alkanes) is 3. The quantitative estimate of drug-likeness (QED) is 0.162. The van der Waals surface area contributed by atoms with E-state index in [0.717, 1.165) is 32.1 Å². The minimum Gasteiger partial charge on any atom is -0.462 e. The molecule has 0 amide bonds. The number of ether oxygens (including phenoxy) is 2. The Balaban J connectivity index is 1.69. The minimum atomic E-state index is -4.72. The maximum atomic E-state index is 12.2. The van der Waals surface area contributed by atoms with Gasteiger partial charge in [0.05, 0.1) is 18.0 Å². The summed E-state index contributed by atoms with van der Waals surface area (Å²) in [7, 11) is 0. The summed E-state index contributed by atoms with van der Waals surface area (Å²) in [5.74, 6) is -0.645. The number of carbonyl (C=O) groups excluding carboxylic acids is 1. The van der Waals surface area contributed by atoms with Crippen molar-refractivity contribution in [1.82, 2.24) is 0 Å². The third-order valence-electron chi connectivity index (χ3n) is 4.23. The Labute approximate surface area is 179 Å². The molecule has 2 aromatic rings. The summed E-state index contributed by atoms with van der Waals surface area (Å²) >= 11 is 0. The highest BCUT2D eigenvalue weighted by Crippen LogP contribution is 2.26. The monoisotopic (exact) mass is 434 g/mol. The number of esters is 1. The Morgan fingerprint density at radius 1 is 0.903 bits per heavy atom. The third-order valence-corrected chi connectivity index (χ3v) is 4.23. The van der Waals surface area contributed by atoms with Crippen molar-refractivity contribution in [3.05, 3.63) is 66.2 Å². The van der Waals surface area contributed by atoms with Gasteiger partial charge in [-0.3, -0.25) is 0 Å². The number of hydrogen-bond acceptors (Lipinski definition) is 5. The zero-order valence-electron chi connectivity index (χ0n) is 17.3. The molecule has 0 unspecified atom stereocenters. The highest BCUT2D eigenvalue weighted by molar-refractivity contribution is 5.86. The Kier molecular flexibility index (Phi) is 9.24. The second-order valence-electron chi connectivity index (χ2n) is 6.99. The summed E-state index contributed by atoms with van der Waals surface area (Å²) in [5, 5.41) is 8.11. The maximum absolute atomic E-state index is 12.2. The average Bonchev–Trinajstić information content (AvgIpc) is 2.72. The zero-order valence-corrected chi connectivity index (χ0v) is 17.3. The van der Waals surface area contributed by atoms with E-state index in [0.29, 0.717) is 23.6 Å². The number of benzene rings is 2. The van der Waals surface area contributed by atoms with E-state index in [2.05, 4.69) is 21.5 Å². The molecule has 0 fully saturated rings. The van der Waals surface area contributed by atoms with Crippen molar-refractivity contribution in [2.45, 2.75) is 45.4 Å². The van der Waals surface area contributed by atoms with Crippen molar-refractivity contribution >= 4 is 17.3 Å². The van der Waals surface area contributed by atoms with Crippen LogP contribution in [0.3, 0.4) is 0 Å². The van der Waals surface area contributed by atoms with E-state index >= 15 is 0 Å². The van der Waals surface area contributed by atoms with Crippen molar-refractivity contribution in [2.75, 3.05) is 6.61 Å². The van der Waals surface area contributed by atoms with Gasteiger partial charge in [-0.25, -0.2) is 4.79 Å². The molecule has 31 heavy (non-hydrogen) atoms. The number of hydrogen-bond donors (Lipinski definition) is 0. The van der Waals surface area contributed by atoms with Crippen LogP contribution in [0.1, 0.15) is 38.2 Å². The molecule has 2 rings (SSSR count). The third kappa shape index (κ3) is 9.93. The van der Waals surface area contributed by atoms with Crippen LogP contribution >= 0.6 is 0 Å². The van der Waals surface area contributed by atoms with E-state index in [4.69, 9.17) is 4.74 Å². The molecule has 0 bridgehead atoms. The normalized spacial score (nSPS) is 11.5. The molecule has 5 nitrogen and oxygen atoms in total. The average molecular weight is 434 g/mol. The lowest BCUT2D eigenvalue weighted by Crippen LogP contribution is -2.16. The van der Waals surface area contributed by atoms with E-state index in [9.17, 15) is 18.0 Å². The molecule has 0 saturated heterocycles. The molecule has 2 aromatic carbocycles. The van der Waals surface area contributed by atoms with Crippen LogP contribution in [-0.4, -0.2) is 18.9 Å². The predicted molar refractivity (Wildman–Crippen MR) is 112 cm³/mol. The molecule has 0 aliphatic rings. The number of nitrogens with zero attached hydrogens (tertiary/aromatic N) is 2. The molecule has 0 atom stereocenters. The van der Waals surface area contributed by atoms with Gasteiger partial charge in [0.1, 0.15) is 5.75 Å². The molecular formula is C23H25F3N2O3. The minimum absolute atomic E-state index is 0.302. The summed E-state index contributed by atoms with van der Waals surface area (Å²) in [4.78, 5) is 11.3. The van der Waals surface area contributed by atoms with Crippen LogP contribution in [0.4, 0.5) is 24.5 Å². The van der Waals surface area contributed by atoms with E-state index in [1.807, 2.05) is 24.3 Å². The summed E-state index contributed by atoms with van der Waals surface area (Å²) < 4.78 is 45.3. The molecule has 0 aromatic heterocycles. The van der Waals surface area contributed by atoms with Gasteiger partial charge in [0.2, 0.25) is 0 Å². The van der Waals surface area contributed by atoms with E-state index in [1.165, 1.54) is 29.8 Å². The first-order valence-corrected chi connectivity index (χ1v) is 9.92. The summed E-state index contributed by atoms with van der Waals surface area (Å²) in [5.41, 5.74) is 2.67. The van der Waals surface area contributed by atoms with Crippen LogP contribution in [0.2, 0.25) is 0 Å². The number of halogens is 3. The van der Waals surface area contributed by atoms with Gasteiger partial charge in [0, 0.05) is 5.57 Å². The number of aryl methyl sites for hydroxylation is 1. The molecule has 0 N–H and O–H groups in total. The van der Waals surface area contributed by atoms with Crippen molar-refractivity contribution < 1.29 is 27.4 Å². The van der Waals surface area contributed by atoms with Crippen LogP contribution in [0.5, 0.6) is 5.75 Å². The largest absolute Gasteiger partial charge is 0.573 e. The smallest absolute Gasteiger partial charge is 0.462 e. The number of alkyl halides is 3. The maximum Gasteiger partial charge on any atom is 0.573 e. The zero-order chi connectivity index (χ0) is 22.7. The van der Waals surface area contributed by atoms with E-state index in [-0.39, 0.29) is 11.7 Å². The van der Waals surface area contributed by atoms with Crippen LogP contribution in [0.15, 0.2) is 70.9 Å². The Hall–Kier alpha value is -3.16. The second-order valence-corrected chi connectivity index (χ2v) is 6.99. The summed E-state index contributed by atoms with van der Waals surface area (Å²) in [6.45, 7) is 5.59. The highest BCUT2D eigenvalue weighted by atomic mass is 19.4. The van der Waals surface area contributed by atoms with Gasteiger partial charge >= 0.3 is 12.3 Å². The first-order valence-electron chi connectivity index (χ1n) is 9.92. The van der Waals surface area contributed by atoms with Gasteiger partial charge in [-0.15, -0.1) is 13.2 Å². The number of carbonyl (C=O) groups is 1. The van der Waals surface area contributed by atoms with E-state index < -0.39 is 6.36 Å². The van der Waals surface area contributed by atoms with Crippen LogP contribution in [-0.2, 0) is 16.0 Å². The molecule has 8 heteroatoms. The molecule has 0 saturated carbocycles. The lowest BCUT2D eigenvalue weighted by molar-refractivity contribution is -0.274. The number of rotatable bonds is 11. The Morgan fingerprint density at radius 3 is 2.00 bits per heavy atom. The fourth-order valence-electron chi connectivity index (χ4n) is 2.63. The number of azo groups is 1. The summed E-state index contributed by atoms with van der Waals surface area (Å²) in [6.07, 6.45) is 0.111. The molecule has 0 heterocycles. The van der Waals surface area contributed by atoms with Gasteiger partial charge in [-0.2, -0.15) is 10.2 Å². The van der Waals surface area contributed by atoms with Crippen molar-refractivity contribution in [3.8, 4) is 5.75 Å². The Bertz CT molecular complexity index is 876. The predicted octanol–water partition coefficient (Wildman–Crippen LogP) is 7.22. The van der Waals surface area contributed by atoms with Gasteiger partial charge in [0.15, 0.2) is 0 Å². The topological polar surface area (TPSA) is 60.2 Å². The van der Waals surface area contributed by atoms with E-state index in [1.54, 1.807) is 6.92 Å². The van der Waals surface area contributed by atoms with Crippen molar-refractivity contribution in [2.24, 2.45) is 10.2 Å². The van der Waals surface area contributed by atoms with Crippen molar-refractivity contribution in [1.29, 1.82) is 0 Å². The fraction of sp³-hybridized carbons (Fsp3) is 0.348. The summed E-state index contributed by atoms with van der Waals surface area (Å²) in [6, 6.07) is 12.8.